The van der Waals surface area contributed by atoms with Crippen molar-refractivity contribution in [1.29, 1.82) is 0 Å². The highest BCUT2D eigenvalue weighted by molar-refractivity contribution is 5.87. The van der Waals surface area contributed by atoms with Gasteiger partial charge in [-0.3, -0.25) is 0 Å². The predicted molar refractivity (Wildman–Crippen MR) is 71.5 cm³/mol. The standard InChI is InChI=1S/C14H22N2O4/c1-14(12(17)18)6-3-7-16(14)13(19)15-8-9-20-11-5-2-4-10(11)15/h10-11H,2-9H2,1H3,(H,17,18). The van der Waals surface area contributed by atoms with E-state index in [0.717, 1.165) is 25.7 Å². The van der Waals surface area contributed by atoms with Crippen LogP contribution in [0.25, 0.3) is 0 Å². The zero-order chi connectivity index (χ0) is 14.3. The maximum absolute atomic E-state index is 12.8. The Kier molecular flexibility index (Phi) is 3.36. The first kappa shape index (κ1) is 13.7. The van der Waals surface area contributed by atoms with Crippen LogP contribution in [0.4, 0.5) is 4.79 Å². The Balaban J connectivity index is 1.79. The molecule has 1 N–H and O–H groups in total. The highest BCUT2D eigenvalue weighted by atomic mass is 16.5. The van der Waals surface area contributed by atoms with E-state index in [-0.39, 0.29) is 18.2 Å². The van der Waals surface area contributed by atoms with Crippen molar-refractivity contribution in [3.05, 3.63) is 0 Å². The highest BCUT2D eigenvalue weighted by Gasteiger charge is 2.49. The van der Waals surface area contributed by atoms with Gasteiger partial charge in [0.25, 0.3) is 0 Å². The summed E-state index contributed by atoms with van der Waals surface area (Å²) in [6.07, 6.45) is 4.49. The first-order valence-corrected chi connectivity index (χ1v) is 7.47. The average molecular weight is 282 g/mol. The van der Waals surface area contributed by atoms with E-state index in [9.17, 15) is 14.7 Å². The normalized spacial score (nSPS) is 37.0. The smallest absolute Gasteiger partial charge is 0.329 e. The molecule has 2 aliphatic heterocycles. The quantitative estimate of drug-likeness (QED) is 0.787. The number of ether oxygens (including phenoxy) is 1. The maximum Gasteiger partial charge on any atom is 0.329 e. The number of nitrogens with zero attached hydrogens (tertiary/aromatic N) is 2. The molecular weight excluding hydrogens is 260 g/mol. The van der Waals surface area contributed by atoms with Crippen molar-refractivity contribution in [2.24, 2.45) is 0 Å². The lowest BCUT2D eigenvalue weighted by molar-refractivity contribution is -0.147. The molecule has 3 unspecified atom stereocenters. The van der Waals surface area contributed by atoms with Crippen LogP contribution in [0.1, 0.15) is 39.0 Å². The number of carbonyl (C=O) groups is 2. The van der Waals surface area contributed by atoms with E-state index < -0.39 is 11.5 Å². The van der Waals surface area contributed by atoms with Crippen molar-refractivity contribution >= 4 is 12.0 Å². The van der Waals surface area contributed by atoms with E-state index in [1.165, 1.54) is 0 Å². The van der Waals surface area contributed by atoms with Gasteiger partial charge in [0.05, 0.1) is 18.8 Å². The van der Waals surface area contributed by atoms with Crippen LogP contribution in [0, 0.1) is 0 Å². The van der Waals surface area contributed by atoms with Crippen molar-refractivity contribution < 1.29 is 19.4 Å². The van der Waals surface area contributed by atoms with E-state index in [2.05, 4.69) is 0 Å². The molecule has 2 heterocycles. The van der Waals surface area contributed by atoms with Crippen LogP contribution in [0.5, 0.6) is 0 Å². The summed E-state index contributed by atoms with van der Waals surface area (Å²) in [4.78, 5) is 27.7. The van der Waals surface area contributed by atoms with E-state index in [0.29, 0.717) is 26.1 Å². The van der Waals surface area contributed by atoms with Gasteiger partial charge in [-0.2, -0.15) is 0 Å². The Morgan fingerprint density at radius 1 is 1.25 bits per heavy atom. The van der Waals surface area contributed by atoms with E-state index >= 15 is 0 Å². The van der Waals surface area contributed by atoms with E-state index in [1.807, 2.05) is 4.90 Å². The summed E-state index contributed by atoms with van der Waals surface area (Å²) < 4.78 is 5.72. The number of carboxylic acid groups (broad SMARTS) is 1. The van der Waals surface area contributed by atoms with Crippen LogP contribution in [0.15, 0.2) is 0 Å². The fraction of sp³-hybridized carbons (Fsp3) is 0.857. The van der Waals surface area contributed by atoms with Crippen molar-refractivity contribution in [3.63, 3.8) is 0 Å². The minimum Gasteiger partial charge on any atom is -0.480 e. The second-order valence-corrected chi connectivity index (χ2v) is 6.22. The zero-order valence-corrected chi connectivity index (χ0v) is 11.9. The number of morpholine rings is 1. The van der Waals surface area contributed by atoms with Crippen LogP contribution in [-0.2, 0) is 9.53 Å². The van der Waals surface area contributed by atoms with Crippen LogP contribution >= 0.6 is 0 Å². The summed E-state index contributed by atoms with van der Waals surface area (Å²) in [5.41, 5.74) is -1.05. The van der Waals surface area contributed by atoms with Gasteiger partial charge in [0.2, 0.25) is 0 Å². The Morgan fingerprint density at radius 3 is 2.80 bits per heavy atom. The molecule has 0 aromatic heterocycles. The third-order valence-corrected chi connectivity index (χ3v) is 5.06. The van der Waals surface area contributed by atoms with Gasteiger partial charge in [-0.1, -0.05) is 0 Å². The molecule has 3 aliphatic rings. The summed E-state index contributed by atoms with van der Waals surface area (Å²) in [7, 11) is 0. The molecule has 0 aromatic carbocycles. The number of fused-ring (bicyclic) bond motifs is 1. The van der Waals surface area contributed by atoms with Gasteiger partial charge in [-0.15, -0.1) is 0 Å². The molecule has 6 heteroatoms. The minimum absolute atomic E-state index is 0.118. The number of amides is 2. The first-order valence-electron chi connectivity index (χ1n) is 7.47. The Hall–Kier alpha value is -1.30. The number of carboxylic acids is 1. The molecule has 0 spiro atoms. The van der Waals surface area contributed by atoms with Gasteiger partial charge in [0.15, 0.2) is 0 Å². The molecule has 0 aromatic rings. The first-order chi connectivity index (χ1) is 9.54. The molecule has 3 fully saturated rings. The van der Waals surface area contributed by atoms with Crippen molar-refractivity contribution in [1.82, 2.24) is 9.80 Å². The summed E-state index contributed by atoms with van der Waals surface area (Å²) in [5, 5.41) is 9.44. The zero-order valence-electron chi connectivity index (χ0n) is 11.9. The third kappa shape index (κ3) is 1.97. The van der Waals surface area contributed by atoms with E-state index in [1.54, 1.807) is 11.8 Å². The van der Waals surface area contributed by atoms with Crippen molar-refractivity contribution in [2.75, 3.05) is 19.7 Å². The van der Waals surface area contributed by atoms with Gasteiger partial charge >= 0.3 is 12.0 Å². The van der Waals surface area contributed by atoms with E-state index in [4.69, 9.17) is 4.74 Å². The van der Waals surface area contributed by atoms with Crippen molar-refractivity contribution in [2.45, 2.75) is 56.7 Å². The van der Waals surface area contributed by atoms with Crippen LogP contribution < -0.4 is 0 Å². The molecule has 6 nitrogen and oxygen atoms in total. The summed E-state index contributed by atoms with van der Waals surface area (Å²) in [5.74, 6) is -0.903. The highest BCUT2D eigenvalue weighted by Crippen LogP contribution is 2.34. The number of likely N-dealkylation sites (tertiary alicyclic amines) is 1. The largest absolute Gasteiger partial charge is 0.480 e. The molecule has 0 radical (unpaired) electrons. The Morgan fingerprint density at radius 2 is 2.05 bits per heavy atom. The topological polar surface area (TPSA) is 70.1 Å². The number of carbonyl (C=O) groups excluding carboxylic acids is 1. The van der Waals surface area contributed by atoms with Crippen LogP contribution in [-0.4, -0.2) is 64.3 Å². The Bertz CT molecular complexity index is 427. The lowest BCUT2D eigenvalue weighted by atomic mass is 9.99. The van der Waals surface area contributed by atoms with Crippen LogP contribution in [0.2, 0.25) is 0 Å². The Labute approximate surface area is 118 Å². The minimum atomic E-state index is -1.05. The van der Waals surface area contributed by atoms with Crippen molar-refractivity contribution in [3.8, 4) is 0 Å². The van der Waals surface area contributed by atoms with Gasteiger partial charge in [0.1, 0.15) is 5.54 Å². The number of hydrogen-bond donors (Lipinski definition) is 1. The molecule has 1 aliphatic carbocycles. The fourth-order valence-electron chi connectivity index (χ4n) is 3.81. The molecule has 112 valence electrons. The molecule has 3 rings (SSSR count). The average Bonchev–Trinajstić information content (AvgIpc) is 3.04. The molecular formula is C14H22N2O4. The number of hydrogen-bond acceptors (Lipinski definition) is 3. The summed E-state index contributed by atoms with van der Waals surface area (Å²) >= 11 is 0. The summed E-state index contributed by atoms with van der Waals surface area (Å²) in [6, 6.07) is 0.0162. The van der Waals surface area contributed by atoms with Gasteiger partial charge in [-0.05, 0) is 39.0 Å². The van der Waals surface area contributed by atoms with Gasteiger partial charge in [-0.25, -0.2) is 9.59 Å². The number of urea groups is 1. The fourth-order valence-corrected chi connectivity index (χ4v) is 3.81. The molecule has 3 atom stereocenters. The number of rotatable bonds is 1. The predicted octanol–water partition coefficient (Wildman–Crippen LogP) is 1.30. The number of aliphatic carboxylic acids is 1. The molecule has 2 amide bonds. The van der Waals surface area contributed by atoms with Crippen LogP contribution in [0.3, 0.4) is 0 Å². The molecule has 1 saturated carbocycles. The van der Waals surface area contributed by atoms with Gasteiger partial charge in [0, 0.05) is 13.1 Å². The molecule has 20 heavy (non-hydrogen) atoms. The second-order valence-electron chi connectivity index (χ2n) is 6.22. The second kappa shape index (κ2) is 4.91. The molecule has 2 saturated heterocycles. The van der Waals surface area contributed by atoms with Gasteiger partial charge < -0.3 is 19.6 Å². The third-order valence-electron chi connectivity index (χ3n) is 5.06. The molecule has 0 bridgehead atoms. The monoisotopic (exact) mass is 282 g/mol. The lowest BCUT2D eigenvalue weighted by Gasteiger charge is -2.42. The summed E-state index contributed by atoms with van der Waals surface area (Å²) in [6.45, 7) is 3.33. The lowest BCUT2D eigenvalue weighted by Crippen LogP contribution is -2.60. The SMILES string of the molecule is CC1(C(=O)O)CCCN1C(=O)N1CCOC2CCCC21. The maximum atomic E-state index is 12.8.